The summed E-state index contributed by atoms with van der Waals surface area (Å²) in [5.41, 5.74) is 0.944. The van der Waals surface area contributed by atoms with Crippen LogP contribution in [-0.2, 0) is 0 Å². The zero-order valence-electron chi connectivity index (χ0n) is 12.6. The number of rotatable bonds is 7. The largest absolute Gasteiger partial charge is 0.491 e. The monoisotopic (exact) mass is 277 g/mol. The number of benzene rings is 1. The minimum atomic E-state index is -0.440. The van der Waals surface area contributed by atoms with Gasteiger partial charge in [-0.2, -0.15) is 0 Å². The lowest BCUT2D eigenvalue weighted by atomic mass is 10.1. The highest BCUT2D eigenvalue weighted by atomic mass is 16.5. The summed E-state index contributed by atoms with van der Waals surface area (Å²) in [6, 6.07) is 7.74. The van der Waals surface area contributed by atoms with Crippen molar-refractivity contribution >= 4 is 0 Å². The zero-order chi connectivity index (χ0) is 14.4. The lowest BCUT2D eigenvalue weighted by molar-refractivity contribution is 0.172. The summed E-state index contributed by atoms with van der Waals surface area (Å²) in [5, 5.41) is 13.6. The molecule has 112 valence electrons. The van der Waals surface area contributed by atoms with Crippen LogP contribution in [0.3, 0.4) is 0 Å². The molecular weight excluding hydrogens is 250 g/mol. The third-order valence-corrected chi connectivity index (χ3v) is 3.88. The van der Waals surface area contributed by atoms with Crippen molar-refractivity contribution in [2.75, 3.05) is 13.1 Å². The minimum Gasteiger partial charge on any atom is -0.491 e. The Kier molecular flexibility index (Phi) is 5.86. The van der Waals surface area contributed by atoms with Crippen molar-refractivity contribution in [2.24, 2.45) is 5.92 Å². The highest BCUT2D eigenvalue weighted by molar-refractivity contribution is 5.28. The molecule has 3 nitrogen and oxygen atoms in total. The maximum Gasteiger partial charge on any atom is 0.119 e. The molecule has 1 aromatic carbocycles. The molecule has 2 rings (SSSR count). The standard InChI is InChI=1S/C17H27NO2/c1-13(2)20-16-9-7-15(8-10-16)17(19)12-18-11-14-5-3-4-6-14/h7-10,13-14,17-19H,3-6,11-12H2,1-2H3. The first-order valence-electron chi connectivity index (χ1n) is 7.80. The van der Waals surface area contributed by atoms with E-state index < -0.39 is 6.10 Å². The predicted octanol–water partition coefficient (Wildman–Crippen LogP) is 3.29. The van der Waals surface area contributed by atoms with Crippen molar-refractivity contribution in [2.45, 2.75) is 51.7 Å². The second-order valence-corrected chi connectivity index (χ2v) is 6.06. The van der Waals surface area contributed by atoms with E-state index in [1.807, 2.05) is 38.1 Å². The van der Waals surface area contributed by atoms with Gasteiger partial charge in [-0.15, -0.1) is 0 Å². The molecule has 0 saturated heterocycles. The number of hydrogen-bond donors (Lipinski definition) is 2. The van der Waals surface area contributed by atoms with Gasteiger partial charge in [-0.25, -0.2) is 0 Å². The summed E-state index contributed by atoms with van der Waals surface area (Å²) in [4.78, 5) is 0. The van der Waals surface area contributed by atoms with Crippen LogP contribution in [0.15, 0.2) is 24.3 Å². The Bertz CT molecular complexity index is 382. The fourth-order valence-corrected chi connectivity index (χ4v) is 2.80. The lowest BCUT2D eigenvalue weighted by Gasteiger charge is -2.16. The first-order valence-corrected chi connectivity index (χ1v) is 7.80. The summed E-state index contributed by atoms with van der Waals surface area (Å²) in [6.07, 6.45) is 5.15. The lowest BCUT2D eigenvalue weighted by Crippen LogP contribution is -2.26. The van der Waals surface area contributed by atoms with E-state index in [2.05, 4.69) is 5.32 Å². The Morgan fingerprint density at radius 2 is 1.85 bits per heavy atom. The molecule has 0 amide bonds. The van der Waals surface area contributed by atoms with Crippen LogP contribution in [0.1, 0.15) is 51.2 Å². The Morgan fingerprint density at radius 3 is 2.45 bits per heavy atom. The molecule has 0 spiro atoms. The van der Waals surface area contributed by atoms with Crippen LogP contribution < -0.4 is 10.1 Å². The second kappa shape index (κ2) is 7.65. The molecule has 0 bridgehead atoms. The Labute approximate surface area is 122 Å². The maximum atomic E-state index is 10.2. The van der Waals surface area contributed by atoms with Crippen molar-refractivity contribution in [3.05, 3.63) is 29.8 Å². The van der Waals surface area contributed by atoms with E-state index in [1.54, 1.807) is 0 Å². The third kappa shape index (κ3) is 4.80. The normalized spacial score (nSPS) is 17.6. The van der Waals surface area contributed by atoms with Crippen molar-refractivity contribution in [3.63, 3.8) is 0 Å². The molecule has 1 unspecified atom stereocenters. The van der Waals surface area contributed by atoms with Gasteiger partial charge in [0, 0.05) is 6.54 Å². The second-order valence-electron chi connectivity index (χ2n) is 6.06. The molecule has 2 N–H and O–H groups in total. The van der Waals surface area contributed by atoms with E-state index in [1.165, 1.54) is 25.7 Å². The fourth-order valence-electron chi connectivity index (χ4n) is 2.80. The SMILES string of the molecule is CC(C)Oc1ccc(C(O)CNCC2CCCC2)cc1. The van der Waals surface area contributed by atoms with E-state index in [0.717, 1.165) is 23.8 Å². The fraction of sp³-hybridized carbons (Fsp3) is 0.647. The van der Waals surface area contributed by atoms with Gasteiger partial charge in [0.25, 0.3) is 0 Å². The quantitative estimate of drug-likeness (QED) is 0.803. The van der Waals surface area contributed by atoms with E-state index in [0.29, 0.717) is 6.54 Å². The third-order valence-electron chi connectivity index (χ3n) is 3.88. The van der Waals surface area contributed by atoms with Gasteiger partial charge in [-0.1, -0.05) is 25.0 Å². The average Bonchev–Trinajstić information content (AvgIpc) is 2.92. The topological polar surface area (TPSA) is 41.5 Å². The number of hydrogen-bond acceptors (Lipinski definition) is 3. The van der Waals surface area contributed by atoms with E-state index in [9.17, 15) is 5.11 Å². The van der Waals surface area contributed by atoms with Gasteiger partial charge in [0.2, 0.25) is 0 Å². The van der Waals surface area contributed by atoms with Crippen LogP contribution in [-0.4, -0.2) is 24.3 Å². The summed E-state index contributed by atoms with van der Waals surface area (Å²) in [7, 11) is 0. The van der Waals surface area contributed by atoms with Crippen molar-refractivity contribution < 1.29 is 9.84 Å². The Morgan fingerprint density at radius 1 is 1.20 bits per heavy atom. The highest BCUT2D eigenvalue weighted by Gasteiger charge is 2.15. The van der Waals surface area contributed by atoms with E-state index in [-0.39, 0.29) is 6.10 Å². The van der Waals surface area contributed by atoms with Gasteiger partial charge >= 0.3 is 0 Å². The molecule has 1 aliphatic rings. The van der Waals surface area contributed by atoms with E-state index >= 15 is 0 Å². The van der Waals surface area contributed by atoms with Crippen LogP contribution in [0.4, 0.5) is 0 Å². The molecule has 1 aromatic rings. The first kappa shape index (κ1) is 15.3. The van der Waals surface area contributed by atoms with Gasteiger partial charge in [-0.05, 0) is 56.8 Å². The van der Waals surface area contributed by atoms with Gasteiger partial charge in [0.1, 0.15) is 5.75 Å². The molecular formula is C17H27NO2. The van der Waals surface area contributed by atoms with Crippen LogP contribution in [0.2, 0.25) is 0 Å². The number of aliphatic hydroxyl groups excluding tert-OH is 1. The molecule has 0 aliphatic heterocycles. The molecule has 1 atom stereocenters. The molecule has 1 fully saturated rings. The molecule has 1 saturated carbocycles. The molecule has 0 heterocycles. The van der Waals surface area contributed by atoms with Gasteiger partial charge < -0.3 is 15.2 Å². The van der Waals surface area contributed by atoms with Crippen molar-refractivity contribution in [1.82, 2.24) is 5.32 Å². The van der Waals surface area contributed by atoms with Crippen LogP contribution >= 0.6 is 0 Å². The average molecular weight is 277 g/mol. The van der Waals surface area contributed by atoms with Gasteiger partial charge in [0.15, 0.2) is 0 Å². The Hall–Kier alpha value is -1.06. The summed E-state index contributed by atoms with van der Waals surface area (Å²) in [6.45, 7) is 5.68. The summed E-state index contributed by atoms with van der Waals surface area (Å²) >= 11 is 0. The molecule has 0 aromatic heterocycles. The molecule has 20 heavy (non-hydrogen) atoms. The minimum absolute atomic E-state index is 0.179. The summed E-state index contributed by atoms with van der Waals surface area (Å²) < 4.78 is 5.60. The van der Waals surface area contributed by atoms with E-state index in [4.69, 9.17) is 4.74 Å². The van der Waals surface area contributed by atoms with Crippen LogP contribution in [0, 0.1) is 5.92 Å². The van der Waals surface area contributed by atoms with Crippen molar-refractivity contribution in [3.8, 4) is 5.75 Å². The molecule has 3 heteroatoms. The van der Waals surface area contributed by atoms with Gasteiger partial charge in [-0.3, -0.25) is 0 Å². The van der Waals surface area contributed by atoms with Crippen molar-refractivity contribution in [1.29, 1.82) is 0 Å². The summed E-state index contributed by atoms with van der Waals surface area (Å²) in [5.74, 6) is 1.67. The predicted molar refractivity (Wildman–Crippen MR) is 82.0 cm³/mol. The number of nitrogens with one attached hydrogen (secondary N) is 1. The highest BCUT2D eigenvalue weighted by Crippen LogP contribution is 2.24. The molecule has 0 radical (unpaired) electrons. The smallest absolute Gasteiger partial charge is 0.119 e. The van der Waals surface area contributed by atoms with Crippen LogP contribution in [0.5, 0.6) is 5.75 Å². The number of ether oxygens (including phenoxy) is 1. The maximum absolute atomic E-state index is 10.2. The Balaban J connectivity index is 1.75. The first-order chi connectivity index (χ1) is 9.65. The van der Waals surface area contributed by atoms with Crippen LogP contribution in [0.25, 0.3) is 0 Å². The zero-order valence-corrected chi connectivity index (χ0v) is 12.6. The number of aliphatic hydroxyl groups is 1. The van der Waals surface area contributed by atoms with Gasteiger partial charge in [0.05, 0.1) is 12.2 Å². The molecule has 1 aliphatic carbocycles.